The van der Waals surface area contributed by atoms with Crippen molar-refractivity contribution < 1.29 is 18.8 Å². The highest BCUT2D eigenvalue weighted by molar-refractivity contribution is 7.09. The van der Waals surface area contributed by atoms with Gasteiger partial charge >= 0.3 is 5.97 Å². The molecule has 0 bridgehead atoms. The second-order valence-electron chi connectivity index (χ2n) is 9.86. The molecular formula is C22H39O4P. The lowest BCUT2D eigenvalue weighted by atomic mass is 9.58. The maximum Gasteiger partial charge on any atom is 0.314 e. The molecule has 0 aromatic rings. The van der Waals surface area contributed by atoms with E-state index >= 15 is 0 Å². The van der Waals surface area contributed by atoms with E-state index in [4.69, 9.17) is 14.0 Å². The zero-order chi connectivity index (χ0) is 20.5. The summed E-state index contributed by atoms with van der Waals surface area (Å²) in [5.41, 5.74) is -0.398. The van der Waals surface area contributed by atoms with E-state index in [0.29, 0.717) is 23.4 Å². The minimum Gasteiger partial charge on any atom is -0.469 e. The predicted octanol–water partition coefficient (Wildman–Crippen LogP) is 5.17. The maximum absolute atomic E-state index is 12.2. The average molecular weight is 399 g/mol. The molecule has 0 aromatic carbocycles. The van der Waals surface area contributed by atoms with Crippen LogP contribution in [0.2, 0.25) is 0 Å². The molecule has 2 aliphatic rings. The molecule has 5 heteroatoms. The number of methoxy groups -OCH3 is 2. The van der Waals surface area contributed by atoms with Crippen LogP contribution in [0.25, 0.3) is 0 Å². The number of ether oxygens (including phenoxy) is 2. The van der Waals surface area contributed by atoms with Gasteiger partial charge in [-0.1, -0.05) is 39.3 Å². The van der Waals surface area contributed by atoms with Crippen LogP contribution in [0.15, 0.2) is 12.2 Å². The first kappa shape index (κ1) is 22.8. The largest absolute Gasteiger partial charge is 0.469 e. The maximum atomic E-state index is 12.2. The molecule has 6 atom stereocenters. The van der Waals surface area contributed by atoms with Gasteiger partial charge in [0, 0.05) is 16.6 Å². The molecule has 0 aliphatic heterocycles. The molecule has 0 amide bonds. The summed E-state index contributed by atoms with van der Waals surface area (Å²) in [6.07, 6.45) is 10.5. The van der Waals surface area contributed by atoms with Crippen molar-refractivity contribution >= 4 is 15.4 Å². The fourth-order valence-electron chi connectivity index (χ4n) is 5.95. The van der Waals surface area contributed by atoms with Gasteiger partial charge in [-0.2, -0.15) is 0 Å². The number of hydrogen-bond acceptors (Lipinski definition) is 4. The van der Waals surface area contributed by atoms with Gasteiger partial charge in [0.1, 0.15) is 0 Å². The fourth-order valence-corrected chi connectivity index (χ4v) is 6.27. The lowest BCUT2D eigenvalue weighted by Gasteiger charge is -2.48. The Labute approximate surface area is 168 Å². The van der Waals surface area contributed by atoms with Crippen LogP contribution < -0.4 is 0 Å². The summed E-state index contributed by atoms with van der Waals surface area (Å²) in [6.45, 7) is 10.9. The summed E-state index contributed by atoms with van der Waals surface area (Å²) >= 11 is 0. The zero-order valence-electron chi connectivity index (χ0n) is 18.2. The molecule has 0 heterocycles. The van der Waals surface area contributed by atoms with Crippen molar-refractivity contribution in [3.8, 4) is 0 Å². The summed E-state index contributed by atoms with van der Waals surface area (Å²) in [5, 5.41) is 0. The van der Waals surface area contributed by atoms with Crippen LogP contribution >= 0.6 is 9.47 Å². The molecule has 6 unspecified atom stereocenters. The summed E-state index contributed by atoms with van der Waals surface area (Å²) in [4.78, 5) is 12.2. The first-order valence-corrected chi connectivity index (χ1v) is 10.7. The molecule has 4 nitrogen and oxygen atoms in total. The van der Waals surface area contributed by atoms with E-state index in [1.54, 1.807) is 7.11 Å². The predicted molar refractivity (Wildman–Crippen MR) is 112 cm³/mol. The molecule has 27 heavy (non-hydrogen) atoms. The van der Waals surface area contributed by atoms with Gasteiger partial charge in [0.15, 0.2) is 0 Å². The van der Waals surface area contributed by atoms with Gasteiger partial charge < -0.3 is 14.0 Å². The van der Waals surface area contributed by atoms with Crippen molar-refractivity contribution in [2.75, 3.05) is 14.2 Å². The van der Waals surface area contributed by atoms with Gasteiger partial charge in [-0.15, -0.1) is 0 Å². The van der Waals surface area contributed by atoms with E-state index in [1.807, 2.05) is 13.8 Å². The van der Waals surface area contributed by atoms with E-state index in [9.17, 15) is 4.79 Å². The Balaban J connectivity index is 2.22. The van der Waals surface area contributed by atoms with E-state index in [0.717, 1.165) is 0 Å². The SMILES string of the molecule is COC(=O)C(C)(C)C(/C=C/C(C)(C)C1CCC2C(OP)CCCC21C)OC. The van der Waals surface area contributed by atoms with Crippen LogP contribution in [0.3, 0.4) is 0 Å². The minimum atomic E-state index is -0.721. The van der Waals surface area contributed by atoms with E-state index in [1.165, 1.54) is 39.2 Å². The Morgan fingerprint density at radius 2 is 1.85 bits per heavy atom. The fraction of sp³-hybridized carbons (Fsp3) is 0.864. The van der Waals surface area contributed by atoms with Gasteiger partial charge in [-0.25, -0.2) is 0 Å². The van der Waals surface area contributed by atoms with Crippen molar-refractivity contribution in [1.29, 1.82) is 0 Å². The Morgan fingerprint density at radius 1 is 1.19 bits per heavy atom. The van der Waals surface area contributed by atoms with Crippen LogP contribution in [0.4, 0.5) is 0 Å². The Hall–Kier alpha value is -0.440. The van der Waals surface area contributed by atoms with Gasteiger partial charge in [0.25, 0.3) is 0 Å². The molecule has 2 aliphatic carbocycles. The van der Waals surface area contributed by atoms with Crippen LogP contribution in [-0.4, -0.2) is 32.4 Å². The molecule has 0 spiro atoms. The number of hydrogen-bond donors (Lipinski definition) is 0. The number of allylic oxidation sites excluding steroid dienone is 1. The van der Waals surface area contributed by atoms with E-state index in [2.05, 4.69) is 42.4 Å². The Kier molecular flexibility index (Phi) is 7.20. The lowest BCUT2D eigenvalue weighted by molar-refractivity contribution is -0.156. The molecule has 156 valence electrons. The van der Waals surface area contributed by atoms with Crippen LogP contribution in [0.1, 0.15) is 66.7 Å². The molecule has 0 saturated heterocycles. The lowest BCUT2D eigenvalue weighted by Crippen LogP contribution is -2.44. The summed E-state index contributed by atoms with van der Waals surface area (Å²) < 4.78 is 16.4. The number of carbonyl (C=O) groups excluding carboxylic acids is 1. The third-order valence-corrected chi connectivity index (χ3v) is 7.86. The smallest absolute Gasteiger partial charge is 0.314 e. The summed E-state index contributed by atoms with van der Waals surface area (Å²) in [6, 6.07) is 0. The summed E-state index contributed by atoms with van der Waals surface area (Å²) in [5.74, 6) is 0.969. The highest BCUT2D eigenvalue weighted by Crippen LogP contribution is 2.61. The van der Waals surface area contributed by atoms with Crippen molar-refractivity contribution in [2.45, 2.75) is 78.9 Å². The van der Waals surface area contributed by atoms with Crippen molar-refractivity contribution in [2.24, 2.45) is 28.1 Å². The molecule has 2 saturated carbocycles. The number of carbonyl (C=O) groups is 1. The highest BCUT2D eigenvalue weighted by atomic mass is 31.0. The van der Waals surface area contributed by atoms with Crippen LogP contribution in [0.5, 0.6) is 0 Å². The third-order valence-electron chi connectivity index (χ3n) is 7.51. The summed E-state index contributed by atoms with van der Waals surface area (Å²) in [7, 11) is 5.57. The molecule has 0 N–H and O–H groups in total. The molecule has 0 radical (unpaired) electrons. The van der Waals surface area contributed by atoms with Crippen LogP contribution in [0, 0.1) is 28.1 Å². The number of fused-ring (bicyclic) bond motifs is 1. The minimum absolute atomic E-state index is 0.0231. The molecule has 0 aromatic heterocycles. The standard InChI is InChI=1S/C22H39O4P/c1-20(2,14-12-18(24-6)21(3,4)19(23)25-7)17-11-10-15-16(26-27)9-8-13-22(15,17)5/h12,14-18H,8-11,13,27H2,1-7H3/b14-12+. The third kappa shape index (κ3) is 4.28. The normalized spacial score (nSPS) is 33.1. The van der Waals surface area contributed by atoms with Crippen molar-refractivity contribution in [1.82, 2.24) is 0 Å². The quantitative estimate of drug-likeness (QED) is 0.337. The van der Waals surface area contributed by atoms with Crippen molar-refractivity contribution in [3.05, 3.63) is 12.2 Å². The van der Waals surface area contributed by atoms with E-state index in [-0.39, 0.29) is 17.5 Å². The first-order chi connectivity index (χ1) is 12.5. The number of esters is 1. The second-order valence-corrected chi connectivity index (χ2v) is 10.1. The van der Waals surface area contributed by atoms with Gasteiger partial charge in [-0.05, 0) is 62.2 Å². The molecule has 2 fully saturated rings. The molecular weight excluding hydrogens is 359 g/mol. The average Bonchev–Trinajstić information content (AvgIpc) is 2.98. The van der Waals surface area contributed by atoms with Gasteiger partial charge in [0.2, 0.25) is 0 Å². The second kappa shape index (κ2) is 8.51. The Morgan fingerprint density at radius 3 is 2.41 bits per heavy atom. The topological polar surface area (TPSA) is 44.8 Å². The van der Waals surface area contributed by atoms with Crippen molar-refractivity contribution in [3.63, 3.8) is 0 Å². The molecule has 2 rings (SSSR count). The van der Waals surface area contributed by atoms with Gasteiger partial charge in [-0.3, -0.25) is 4.79 Å². The highest BCUT2D eigenvalue weighted by Gasteiger charge is 2.55. The zero-order valence-corrected chi connectivity index (χ0v) is 19.4. The van der Waals surface area contributed by atoms with Gasteiger partial charge in [0.05, 0.1) is 24.7 Å². The van der Waals surface area contributed by atoms with E-state index < -0.39 is 5.41 Å². The Bertz CT molecular complexity index is 557. The first-order valence-electron chi connectivity index (χ1n) is 10.2. The monoisotopic (exact) mass is 398 g/mol. The number of rotatable bonds is 7. The van der Waals surface area contributed by atoms with Crippen LogP contribution in [-0.2, 0) is 18.8 Å².